The molecule has 0 heterocycles. The Morgan fingerprint density at radius 3 is 2.41 bits per heavy atom. The maximum atomic E-state index is 3.62. The van der Waals surface area contributed by atoms with Gasteiger partial charge in [0.1, 0.15) is 0 Å². The van der Waals surface area contributed by atoms with E-state index in [1.54, 1.807) is 0 Å². The molecule has 1 aliphatic rings. The van der Waals surface area contributed by atoms with Crippen molar-refractivity contribution in [3.8, 4) is 0 Å². The molecule has 1 saturated carbocycles. The molecule has 0 saturated heterocycles. The van der Waals surface area contributed by atoms with Crippen LogP contribution >= 0.6 is 15.9 Å². The third-order valence-electron chi connectivity index (χ3n) is 3.85. The van der Waals surface area contributed by atoms with E-state index in [1.807, 2.05) is 0 Å². The minimum absolute atomic E-state index is 0.535. The van der Waals surface area contributed by atoms with Crippen molar-refractivity contribution >= 4 is 15.9 Å². The minimum atomic E-state index is 0.535. The van der Waals surface area contributed by atoms with Crippen molar-refractivity contribution in [1.29, 1.82) is 0 Å². The average molecular weight is 296 g/mol. The fourth-order valence-electron chi connectivity index (χ4n) is 2.69. The number of hydrogen-bond donors (Lipinski definition) is 1. The first-order chi connectivity index (χ1) is 8.18. The van der Waals surface area contributed by atoms with Crippen LogP contribution in [0.1, 0.15) is 44.6 Å². The van der Waals surface area contributed by atoms with Crippen molar-refractivity contribution < 1.29 is 0 Å². The number of rotatable bonds is 4. The molecule has 17 heavy (non-hydrogen) atoms. The predicted octanol–water partition coefficient (Wildman–Crippen LogP) is 4.51. The second-order valence-electron chi connectivity index (χ2n) is 5.60. The first-order valence-corrected chi connectivity index (χ1v) is 7.42. The van der Waals surface area contributed by atoms with Crippen molar-refractivity contribution in [2.45, 2.75) is 45.6 Å². The largest absolute Gasteiger partial charge is 0.312 e. The van der Waals surface area contributed by atoms with E-state index < -0.39 is 0 Å². The van der Waals surface area contributed by atoms with Crippen LogP contribution in [0.3, 0.4) is 0 Å². The molecule has 94 valence electrons. The van der Waals surface area contributed by atoms with Gasteiger partial charge in [-0.3, -0.25) is 0 Å². The van der Waals surface area contributed by atoms with Gasteiger partial charge in [0.15, 0.2) is 0 Å². The maximum Gasteiger partial charge on any atom is 0.0205 e. The summed E-state index contributed by atoms with van der Waals surface area (Å²) in [6.07, 6.45) is 7.04. The maximum absolute atomic E-state index is 3.62. The number of hydrogen-bond acceptors (Lipinski definition) is 1. The highest BCUT2D eigenvalue weighted by Gasteiger charge is 2.25. The summed E-state index contributed by atoms with van der Waals surface area (Å²) in [6, 6.07) is 8.58. The molecule has 0 bridgehead atoms. The normalized spacial score (nSPS) is 19.2. The topological polar surface area (TPSA) is 12.0 Å². The molecule has 0 aliphatic heterocycles. The molecule has 1 aromatic rings. The van der Waals surface area contributed by atoms with Crippen molar-refractivity contribution in [3.63, 3.8) is 0 Å². The Labute approximate surface area is 113 Å². The molecule has 1 fully saturated rings. The summed E-state index contributed by atoms with van der Waals surface area (Å²) in [5.41, 5.74) is 1.90. The molecule has 0 aromatic heterocycles. The Bertz CT molecular complexity index is 338. The second kappa shape index (κ2) is 6.01. The van der Waals surface area contributed by atoms with E-state index in [1.165, 1.54) is 37.7 Å². The van der Waals surface area contributed by atoms with Gasteiger partial charge >= 0.3 is 0 Å². The van der Waals surface area contributed by atoms with E-state index in [0.29, 0.717) is 5.41 Å². The second-order valence-corrected chi connectivity index (χ2v) is 6.52. The van der Waals surface area contributed by atoms with Crippen LogP contribution in [0.15, 0.2) is 28.7 Å². The molecular weight excluding hydrogens is 274 g/mol. The molecule has 2 heteroatoms. The summed E-state index contributed by atoms with van der Waals surface area (Å²) in [5.74, 6) is 0. The van der Waals surface area contributed by atoms with Gasteiger partial charge in [-0.2, -0.15) is 0 Å². The number of benzene rings is 1. The Morgan fingerprint density at radius 1 is 1.12 bits per heavy atom. The zero-order valence-electron chi connectivity index (χ0n) is 10.6. The van der Waals surface area contributed by atoms with E-state index in [2.05, 4.69) is 52.4 Å². The third-order valence-corrected chi connectivity index (χ3v) is 4.38. The zero-order chi connectivity index (χ0) is 12.1. The molecule has 0 unspecified atom stereocenters. The number of halogens is 1. The quantitative estimate of drug-likeness (QED) is 0.862. The summed E-state index contributed by atoms with van der Waals surface area (Å²) in [5, 5.41) is 3.62. The Balaban J connectivity index is 1.77. The molecule has 2 rings (SSSR count). The lowest BCUT2D eigenvalue weighted by molar-refractivity contribution is 0.207. The molecular formula is C15H22BrN. The van der Waals surface area contributed by atoms with Crippen LogP contribution in [0.4, 0.5) is 0 Å². The van der Waals surface area contributed by atoms with Crippen molar-refractivity contribution in [2.24, 2.45) is 5.41 Å². The molecule has 1 aromatic carbocycles. The van der Waals surface area contributed by atoms with Crippen molar-refractivity contribution in [2.75, 3.05) is 6.54 Å². The average Bonchev–Trinajstić information content (AvgIpc) is 2.32. The molecule has 0 spiro atoms. The van der Waals surface area contributed by atoms with Crippen LogP contribution in [0.5, 0.6) is 0 Å². The van der Waals surface area contributed by atoms with Gasteiger partial charge in [0, 0.05) is 17.6 Å². The SMILES string of the molecule is CC1(CNCc2ccc(Br)cc2)CCCCC1. The van der Waals surface area contributed by atoms with Gasteiger partial charge in [0.2, 0.25) is 0 Å². The first kappa shape index (κ1) is 13.1. The Kier molecular flexibility index (Phi) is 4.63. The van der Waals surface area contributed by atoms with Crippen molar-refractivity contribution in [1.82, 2.24) is 5.32 Å². The summed E-state index contributed by atoms with van der Waals surface area (Å²) < 4.78 is 1.15. The molecule has 1 aliphatic carbocycles. The molecule has 0 radical (unpaired) electrons. The highest BCUT2D eigenvalue weighted by Crippen LogP contribution is 2.34. The van der Waals surface area contributed by atoms with Crippen LogP contribution < -0.4 is 5.32 Å². The molecule has 0 atom stereocenters. The summed E-state index contributed by atoms with van der Waals surface area (Å²) >= 11 is 3.46. The van der Waals surface area contributed by atoms with Gasteiger partial charge in [-0.25, -0.2) is 0 Å². The van der Waals surface area contributed by atoms with Gasteiger partial charge in [-0.1, -0.05) is 54.2 Å². The third kappa shape index (κ3) is 4.11. The summed E-state index contributed by atoms with van der Waals surface area (Å²) in [4.78, 5) is 0. The van der Waals surface area contributed by atoms with Gasteiger partial charge in [-0.05, 0) is 36.0 Å². The van der Waals surface area contributed by atoms with Crippen LogP contribution in [0.2, 0.25) is 0 Å². The highest BCUT2D eigenvalue weighted by atomic mass is 79.9. The van der Waals surface area contributed by atoms with Crippen molar-refractivity contribution in [3.05, 3.63) is 34.3 Å². The zero-order valence-corrected chi connectivity index (χ0v) is 12.2. The smallest absolute Gasteiger partial charge is 0.0205 e. The summed E-state index contributed by atoms with van der Waals surface area (Å²) in [6.45, 7) is 4.58. The fourth-order valence-corrected chi connectivity index (χ4v) is 2.96. The van der Waals surface area contributed by atoms with E-state index in [9.17, 15) is 0 Å². The van der Waals surface area contributed by atoms with E-state index in [4.69, 9.17) is 0 Å². The van der Waals surface area contributed by atoms with Gasteiger partial charge in [0.05, 0.1) is 0 Å². The molecule has 1 nitrogen and oxygen atoms in total. The van der Waals surface area contributed by atoms with E-state index in [-0.39, 0.29) is 0 Å². The highest BCUT2D eigenvalue weighted by molar-refractivity contribution is 9.10. The van der Waals surface area contributed by atoms with Crippen LogP contribution in [0.25, 0.3) is 0 Å². The Hall–Kier alpha value is -0.340. The fraction of sp³-hybridized carbons (Fsp3) is 0.600. The van der Waals surface area contributed by atoms with Crippen LogP contribution in [-0.2, 0) is 6.54 Å². The lowest BCUT2D eigenvalue weighted by Crippen LogP contribution is -2.33. The summed E-state index contributed by atoms with van der Waals surface area (Å²) in [7, 11) is 0. The lowest BCUT2D eigenvalue weighted by atomic mass is 9.76. The standard InChI is InChI=1S/C15H22BrN/c1-15(9-3-2-4-10-15)12-17-11-13-5-7-14(16)8-6-13/h5-8,17H,2-4,9-12H2,1H3. The first-order valence-electron chi connectivity index (χ1n) is 6.63. The van der Waals surface area contributed by atoms with E-state index >= 15 is 0 Å². The predicted molar refractivity (Wildman–Crippen MR) is 77.0 cm³/mol. The van der Waals surface area contributed by atoms with Gasteiger partial charge in [-0.15, -0.1) is 0 Å². The van der Waals surface area contributed by atoms with E-state index in [0.717, 1.165) is 17.6 Å². The number of nitrogens with one attached hydrogen (secondary N) is 1. The van der Waals surface area contributed by atoms with Gasteiger partial charge < -0.3 is 5.32 Å². The van der Waals surface area contributed by atoms with Crippen LogP contribution in [0, 0.1) is 5.41 Å². The van der Waals surface area contributed by atoms with Gasteiger partial charge in [0.25, 0.3) is 0 Å². The lowest BCUT2D eigenvalue weighted by Gasteiger charge is -2.33. The Morgan fingerprint density at radius 2 is 1.76 bits per heavy atom. The van der Waals surface area contributed by atoms with Crippen LogP contribution in [-0.4, -0.2) is 6.54 Å². The molecule has 1 N–H and O–H groups in total. The monoisotopic (exact) mass is 295 g/mol. The molecule has 0 amide bonds. The minimum Gasteiger partial charge on any atom is -0.312 e.